The van der Waals surface area contributed by atoms with Crippen molar-refractivity contribution in [3.63, 3.8) is 0 Å². The first-order chi connectivity index (χ1) is 12.9. The molecule has 0 aromatic heterocycles. The smallest absolute Gasteiger partial charge is 0.317 e. The first-order valence-electron chi connectivity index (χ1n) is 9.40. The van der Waals surface area contributed by atoms with Gasteiger partial charge in [-0.15, -0.1) is 0 Å². The summed E-state index contributed by atoms with van der Waals surface area (Å²) in [4.78, 5) is 25.5. The minimum atomic E-state index is -0.835. The molecule has 0 aliphatic carbocycles. The predicted octanol–water partition coefficient (Wildman–Crippen LogP) is 3.60. The Balaban J connectivity index is 1.97. The highest BCUT2D eigenvalue weighted by Crippen LogP contribution is 2.24. The van der Waals surface area contributed by atoms with Crippen LogP contribution >= 0.6 is 11.6 Å². The number of carboxylic acid groups (broad SMARTS) is 1. The first kappa shape index (κ1) is 21.5. The van der Waals surface area contributed by atoms with Gasteiger partial charge in [0, 0.05) is 44.3 Å². The van der Waals surface area contributed by atoms with Gasteiger partial charge in [0.25, 0.3) is 0 Å². The fourth-order valence-corrected chi connectivity index (χ4v) is 3.74. The number of rotatable bonds is 8. The maximum absolute atomic E-state index is 12.6. The summed E-state index contributed by atoms with van der Waals surface area (Å²) in [5.41, 5.74) is 1.12. The number of urea groups is 1. The molecule has 2 N–H and O–H groups in total. The molecule has 2 rings (SSSR count). The molecule has 0 spiro atoms. The average Bonchev–Trinajstić information content (AvgIpc) is 2.64. The van der Waals surface area contributed by atoms with Crippen LogP contribution in [0.4, 0.5) is 4.79 Å². The summed E-state index contributed by atoms with van der Waals surface area (Å²) in [6.45, 7) is 4.00. The van der Waals surface area contributed by atoms with Gasteiger partial charge < -0.3 is 20.1 Å². The van der Waals surface area contributed by atoms with Gasteiger partial charge in [-0.25, -0.2) is 4.79 Å². The largest absolute Gasteiger partial charge is 0.481 e. The minimum absolute atomic E-state index is 0.152. The van der Waals surface area contributed by atoms with Crippen molar-refractivity contribution in [2.45, 2.75) is 32.1 Å². The molecule has 6 nitrogen and oxygen atoms in total. The van der Waals surface area contributed by atoms with Gasteiger partial charge in [0.2, 0.25) is 0 Å². The number of methoxy groups -OCH3 is 1. The van der Waals surface area contributed by atoms with Gasteiger partial charge in [0.1, 0.15) is 0 Å². The number of hydrogen-bond acceptors (Lipinski definition) is 3. The normalized spacial score (nSPS) is 20.9. The van der Waals surface area contributed by atoms with E-state index in [4.69, 9.17) is 16.3 Å². The third-order valence-electron chi connectivity index (χ3n) is 5.04. The van der Waals surface area contributed by atoms with E-state index in [1.807, 2.05) is 31.2 Å². The van der Waals surface area contributed by atoms with Crippen LogP contribution in [0.25, 0.3) is 0 Å². The van der Waals surface area contributed by atoms with E-state index in [2.05, 4.69) is 5.32 Å². The third-order valence-corrected chi connectivity index (χ3v) is 5.29. The Morgan fingerprint density at radius 3 is 2.67 bits per heavy atom. The van der Waals surface area contributed by atoms with E-state index in [-0.39, 0.29) is 24.4 Å². The van der Waals surface area contributed by atoms with Crippen molar-refractivity contribution >= 4 is 23.6 Å². The summed E-state index contributed by atoms with van der Waals surface area (Å²) in [5.74, 6) is -0.996. The van der Waals surface area contributed by atoms with Gasteiger partial charge in [0.05, 0.1) is 5.92 Å². The summed E-state index contributed by atoms with van der Waals surface area (Å²) >= 11 is 5.98. The van der Waals surface area contributed by atoms with E-state index in [1.54, 1.807) is 12.0 Å². The van der Waals surface area contributed by atoms with Gasteiger partial charge in [-0.2, -0.15) is 0 Å². The lowest BCUT2D eigenvalue weighted by atomic mass is 9.90. The Bertz CT molecular complexity index is 623. The van der Waals surface area contributed by atoms with Crippen LogP contribution in [0.1, 0.15) is 37.7 Å². The van der Waals surface area contributed by atoms with Crippen molar-refractivity contribution in [2.24, 2.45) is 11.8 Å². The number of ether oxygens (including phenoxy) is 1. The number of carboxylic acids is 1. The molecular formula is C20H29ClN2O4. The zero-order valence-corrected chi connectivity index (χ0v) is 16.7. The van der Waals surface area contributed by atoms with Crippen molar-refractivity contribution in [3.05, 3.63) is 34.9 Å². The molecule has 1 heterocycles. The molecule has 1 aliphatic rings. The lowest BCUT2D eigenvalue weighted by Crippen LogP contribution is -2.50. The molecule has 1 saturated heterocycles. The molecule has 27 heavy (non-hydrogen) atoms. The fraction of sp³-hybridized carbons (Fsp3) is 0.600. The van der Waals surface area contributed by atoms with Crippen LogP contribution in [-0.4, -0.2) is 55.4 Å². The molecule has 3 unspecified atom stereocenters. The van der Waals surface area contributed by atoms with E-state index < -0.39 is 11.9 Å². The molecule has 0 radical (unpaired) electrons. The molecule has 1 aromatic carbocycles. The Hall–Kier alpha value is -1.79. The lowest BCUT2D eigenvalue weighted by molar-refractivity contribution is -0.143. The Morgan fingerprint density at radius 1 is 1.33 bits per heavy atom. The topological polar surface area (TPSA) is 78.9 Å². The highest BCUT2D eigenvalue weighted by atomic mass is 35.5. The zero-order chi connectivity index (χ0) is 19.8. The minimum Gasteiger partial charge on any atom is -0.481 e. The van der Waals surface area contributed by atoms with Crippen molar-refractivity contribution in [3.8, 4) is 0 Å². The standard InChI is InChI=1S/C20H29ClN2O4/c1-14-10-17(19(24)25)13-23(12-14)20(26)22-11-16(4-3-9-27-2)15-5-7-18(21)8-6-15/h5-8,14,16-17H,3-4,9-13H2,1-2H3,(H,22,26)(H,24,25). The van der Waals surface area contributed by atoms with E-state index in [0.29, 0.717) is 31.1 Å². The number of nitrogens with one attached hydrogen (secondary N) is 1. The number of hydrogen-bond donors (Lipinski definition) is 2. The second-order valence-electron chi connectivity index (χ2n) is 7.35. The van der Waals surface area contributed by atoms with Crippen molar-refractivity contribution in [1.82, 2.24) is 10.2 Å². The number of benzene rings is 1. The Labute approximate surface area is 165 Å². The monoisotopic (exact) mass is 396 g/mol. The van der Waals surface area contributed by atoms with Gasteiger partial charge in [0.15, 0.2) is 0 Å². The number of carbonyl (C=O) groups is 2. The Morgan fingerprint density at radius 2 is 2.04 bits per heavy atom. The number of aliphatic carboxylic acids is 1. The quantitative estimate of drug-likeness (QED) is 0.658. The summed E-state index contributed by atoms with van der Waals surface area (Å²) in [6.07, 6.45) is 2.38. The fourth-order valence-electron chi connectivity index (χ4n) is 3.61. The number of likely N-dealkylation sites (tertiary alicyclic amines) is 1. The van der Waals surface area contributed by atoms with Crippen LogP contribution < -0.4 is 5.32 Å². The van der Waals surface area contributed by atoms with Crippen molar-refractivity contribution in [1.29, 1.82) is 0 Å². The average molecular weight is 397 g/mol. The second-order valence-corrected chi connectivity index (χ2v) is 7.79. The Kier molecular flexibility index (Phi) is 8.38. The molecule has 1 fully saturated rings. The molecule has 7 heteroatoms. The summed E-state index contributed by atoms with van der Waals surface area (Å²) in [7, 11) is 1.68. The number of nitrogens with zero attached hydrogens (tertiary/aromatic N) is 1. The molecule has 0 saturated carbocycles. The SMILES string of the molecule is COCCCC(CNC(=O)N1CC(C)CC(C(=O)O)C1)c1ccc(Cl)cc1. The number of piperidine rings is 1. The highest BCUT2D eigenvalue weighted by molar-refractivity contribution is 6.30. The predicted molar refractivity (Wildman–Crippen MR) is 105 cm³/mol. The van der Waals surface area contributed by atoms with E-state index in [0.717, 1.165) is 18.4 Å². The summed E-state index contributed by atoms with van der Waals surface area (Å²) in [5, 5.41) is 13.0. The van der Waals surface area contributed by atoms with E-state index >= 15 is 0 Å². The van der Waals surface area contributed by atoms with Gasteiger partial charge in [-0.1, -0.05) is 30.7 Å². The number of amides is 2. The maximum Gasteiger partial charge on any atom is 0.317 e. The first-order valence-corrected chi connectivity index (χ1v) is 9.78. The van der Waals surface area contributed by atoms with Crippen LogP contribution in [0.3, 0.4) is 0 Å². The zero-order valence-electron chi connectivity index (χ0n) is 16.0. The molecular weight excluding hydrogens is 368 g/mol. The van der Waals surface area contributed by atoms with Gasteiger partial charge in [-0.3, -0.25) is 4.79 Å². The van der Waals surface area contributed by atoms with Gasteiger partial charge >= 0.3 is 12.0 Å². The molecule has 0 bridgehead atoms. The lowest BCUT2D eigenvalue weighted by Gasteiger charge is -2.35. The van der Waals surface area contributed by atoms with Crippen molar-refractivity contribution < 1.29 is 19.4 Å². The van der Waals surface area contributed by atoms with E-state index in [9.17, 15) is 14.7 Å². The van der Waals surface area contributed by atoms with Crippen LogP contribution in [0.15, 0.2) is 24.3 Å². The summed E-state index contributed by atoms with van der Waals surface area (Å²) < 4.78 is 5.14. The highest BCUT2D eigenvalue weighted by Gasteiger charge is 2.32. The van der Waals surface area contributed by atoms with Crippen LogP contribution in [0, 0.1) is 11.8 Å². The van der Waals surface area contributed by atoms with Crippen LogP contribution in [-0.2, 0) is 9.53 Å². The van der Waals surface area contributed by atoms with E-state index in [1.165, 1.54) is 0 Å². The molecule has 1 aromatic rings. The third kappa shape index (κ3) is 6.70. The second kappa shape index (κ2) is 10.5. The number of halogens is 1. The summed E-state index contributed by atoms with van der Waals surface area (Å²) in [6, 6.07) is 7.47. The molecule has 2 amide bonds. The maximum atomic E-state index is 12.6. The molecule has 1 aliphatic heterocycles. The molecule has 150 valence electrons. The van der Waals surface area contributed by atoms with Gasteiger partial charge in [-0.05, 0) is 42.9 Å². The van der Waals surface area contributed by atoms with Crippen molar-refractivity contribution in [2.75, 3.05) is 33.4 Å². The molecule has 3 atom stereocenters. The van der Waals surface area contributed by atoms with Crippen LogP contribution in [0.5, 0.6) is 0 Å². The number of carbonyl (C=O) groups excluding carboxylic acids is 1. The van der Waals surface area contributed by atoms with Crippen LogP contribution in [0.2, 0.25) is 5.02 Å².